The first-order chi connectivity index (χ1) is 15.4. The minimum atomic E-state index is -1.05. The smallest absolute Gasteiger partial charge is 0.335 e. The minimum Gasteiger partial charge on any atom is -0.497 e. The predicted octanol–water partition coefficient (Wildman–Crippen LogP) is 4.77. The van der Waals surface area contributed by atoms with E-state index in [-0.39, 0.29) is 17.4 Å². The van der Waals surface area contributed by atoms with Gasteiger partial charge in [-0.25, -0.2) is 4.79 Å². The summed E-state index contributed by atoms with van der Waals surface area (Å²) >= 11 is 1.35. The monoisotopic (exact) mass is 450 g/mol. The highest BCUT2D eigenvalue weighted by Crippen LogP contribution is 2.26. The molecular formula is C24H22N2O5S. The molecule has 0 heterocycles. The Balaban J connectivity index is 1.56. The summed E-state index contributed by atoms with van der Waals surface area (Å²) in [4.78, 5) is 36.7. The predicted molar refractivity (Wildman–Crippen MR) is 125 cm³/mol. The van der Waals surface area contributed by atoms with Crippen LogP contribution in [0, 0.1) is 0 Å². The molecule has 1 unspecified atom stereocenters. The van der Waals surface area contributed by atoms with E-state index in [0.717, 1.165) is 4.90 Å². The zero-order valence-electron chi connectivity index (χ0n) is 17.5. The van der Waals surface area contributed by atoms with Crippen molar-refractivity contribution in [3.8, 4) is 5.75 Å². The number of nitrogens with one attached hydrogen (secondary N) is 2. The van der Waals surface area contributed by atoms with Gasteiger partial charge in [-0.1, -0.05) is 6.07 Å². The first-order valence-electron chi connectivity index (χ1n) is 9.72. The van der Waals surface area contributed by atoms with E-state index in [2.05, 4.69) is 10.6 Å². The van der Waals surface area contributed by atoms with Crippen LogP contribution in [0.2, 0.25) is 0 Å². The Labute approximate surface area is 189 Å². The normalized spacial score (nSPS) is 11.3. The number of ether oxygens (including phenoxy) is 1. The van der Waals surface area contributed by atoms with Crippen molar-refractivity contribution in [1.82, 2.24) is 0 Å². The molecule has 0 fully saturated rings. The van der Waals surface area contributed by atoms with Crippen LogP contribution in [0.4, 0.5) is 11.4 Å². The lowest BCUT2D eigenvalue weighted by atomic mass is 10.2. The third-order valence-corrected chi connectivity index (χ3v) is 5.64. The van der Waals surface area contributed by atoms with Gasteiger partial charge in [-0.05, 0) is 73.7 Å². The van der Waals surface area contributed by atoms with E-state index in [0.29, 0.717) is 22.7 Å². The molecule has 32 heavy (non-hydrogen) atoms. The maximum absolute atomic E-state index is 12.5. The van der Waals surface area contributed by atoms with Gasteiger partial charge in [0.25, 0.3) is 5.91 Å². The Morgan fingerprint density at radius 2 is 1.56 bits per heavy atom. The van der Waals surface area contributed by atoms with E-state index in [4.69, 9.17) is 9.84 Å². The highest BCUT2D eigenvalue weighted by Gasteiger charge is 2.15. The van der Waals surface area contributed by atoms with Gasteiger partial charge in [-0.15, -0.1) is 11.8 Å². The number of anilines is 2. The van der Waals surface area contributed by atoms with Crippen molar-refractivity contribution >= 4 is 40.9 Å². The van der Waals surface area contributed by atoms with Crippen molar-refractivity contribution < 1.29 is 24.2 Å². The number of thioether (sulfide) groups is 1. The van der Waals surface area contributed by atoms with Crippen LogP contribution in [0.25, 0.3) is 0 Å². The van der Waals surface area contributed by atoms with Gasteiger partial charge < -0.3 is 20.5 Å². The lowest BCUT2D eigenvalue weighted by Crippen LogP contribution is -2.22. The molecule has 0 saturated carbocycles. The van der Waals surface area contributed by atoms with Gasteiger partial charge in [0.2, 0.25) is 5.91 Å². The van der Waals surface area contributed by atoms with E-state index in [1.165, 1.54) is 23.9 Å². The summed E-state index contributed by atoms with van der Waals surface area (Å²) < 4.78 is 5.09. The van der Waals surface area contributed by atoms with Crippen LogP contribution in [0.1, 0.15) is 27.6 Å². The van der Waals surface area contributed by atoms with Gasteiger partial charge in [0.1, 0.15) is 5.75 Å². The van der Waals surface area contributed by atoms with Crippen molar-refractivity contribution in [3.05, 3.63) is 83.9 Å². The topological polar surface area (TPSA) is 105 Å². The van der Waals surface area contributed by atoms with Gasteiger partial charge in [0.05, 0.1) is 17.9 Å². The number of carboxylic acid groups (broad SMARTS) is 1. The molecule has 0 radical (unpaired) electrons. The number of rotatable bonds is 8. The molecule has 164 valence electrons. The number of hydrogen-bond donors (Lipinski definition) is 3. The molecule has 0 aromatic heterocycles. The van der Waals surface area contributed by atoms with E-state index >= 15 is 0 Å². The van der Waals surface area contributed by atoms with Crippen LogP contribution in [-0.2, 0) is 4.79 Å². The van der Waals surface area contributed by atoms with Crippen molar-refractivity contribution in [3.63, 3.8) is 0 Å². The van der Waals surface area contributed by atoms with Crippen molar-refractivity contribution in [2.75, 3.05) is 17.7 Å². The van der Waals surface area contributed by atoms with Crippen LogP contribution in [-0.4, -0.2) is 35.2 Å². The molecule has 0 aliphatic carbocycles. The van der Waals surface area contributed by atoms with Gasteiger partial charge in [0.15, 0.2) is 0 Å². The van der Waals surface area contributed by atoms with E-state index in [1.807, 2.05) is 12.1 Å². The number of carbonyl (C=O) groups is 3. The van der Waals surface area contributed by atoms with Gasteiger partial charge in [0, 0.05) is 21.8 Å². The average molecular weight is 451 g/mol. The van der Waals surface area contributed by atoms with Crippen molar-refractivity contribution in [1.29, 1.82) is 0 Å². The summed E-state index contributed by atoms with van der Waals surface area (Å²) in [6.07, 6.45) is 0. The highest BCUT2D eigenvalue weighted by atomic mass is 32.2. The van der Waals surface area contributed by atoms with E-state index < -0.39 is 11.2 Å². The molecule has 3 rings (SSSR count). The lowest BCUT2D eigenvalue weighted by Gasteiger charge is -2.13. The first-order valence-corrected chi connectivity index (χ1v) is 10.6. The van der Waals surface area contributed by atoms with Crippen molar-refractivity contribution in [2.24, 2.45) is 0 Å². The molecule has 0 bridgehead atoms. The van der Waals surface area contributed by atoms with Crippen LogP contribution in [0.3, 0.4) is 0 Å². The lowest BCUT2D eigenvalue weighted by molar-refractivity contribution is -0.115. The summed E-state index contributed by atoms with van der Waals surface area (Å²) in [7, 11) is 1.57. The Hall–Kier alpha value is -3.78. The molecule has 2 amide bonds. The SMILES string of the molecule is COc1ccc(C(=O)Nc2ccc(SC(C)C(=O)Nc3cccc(C(=O)O)c3)cc2)cc1. The molecule has 3 aromatic rings. The summed E-state index contributed by atoms with van der Waals surface area (Å²) in [5, 5.41) is 14.2. The summed E-state index contributed by atoms with van der Waals surface area (Å²) in [5.41, 5.74) is 1.69. The summed E-state index contributed by atoms with van der Waals surface area (Å²) in [5.74, 6) is -0.850. The Kier molecular flexibility index (Phi) is 7.51. The molecular weight excluding hydrogens is 428 g/mol. The third-order valence-electron chi connectivity index (χ3n) is 4.52. The molecule has 0 aliphatic rings. The Morgan fingerprint density at radius 1 is 0.875 bits per heavy atom. The molecule has 3 N–H and O–H groups in total. The molecule has 0 saturated heterocycles. The molecule has 3 aromatic carbocycles. The molecule has 0 aliphatic heterocycles. The maximum atomic E-state index is 12.5. The van der Waals surface area contributed by atoms with Crippen LogP contribution < -0.4 is 15.4 Å². The fourth-order valence-electron chi connectivity index (χ4n) is 2.79. The van der Waals surface area contributed by atoms with Crippen LogP contribution in [0.5, 0.6) is 5.75 Å². The highest BCUT2D eigenvalue weighted by molar-refractivity contribution is 8.00. The van der Waals surface area contributed by atoms with Gasteiger partial charge >= 0.3 is 5.97 Å². The number of benzene rings is 3. The average Bonchev–Trinajstić information content (AvgIpc) is 2.80. The first kappa shape index (κ1) is 22.9. The Morgan fingerprint density at radius 3 is 2.19 bits per heavy atom. The second-order valence-electron chi connectivity index (χ2n) is 6.84. The zero-order chi connectivity index (χ0) is 23.1. The third kappa shape index (κ3) is 6.12. The second-order valence-corrected chi connectivity index (χ2v) is 8.26. The summed E-state index contributed by atoms with van der Waals surface area (Å²) in [6.45, 7) is 1.76. The molecule has 1 atom stereocenters. The fourth-order valence-corrected chi connectivity index (χ4v) is 3.66. The zero-order valence-corrected chi connectivity index (χ0v) is 18.3. The second kappa shape index (κ2) is 10.5. The fraction of sp³-hybridized carbons (Fsp3) is 0.125. The Bertz CT molecular complexity index is 1110. The van der Waals surface area contributed by atoms with Crippen molar-refractivity contribution in [2.45, 2.75) is 17.1 Å². The van der Waals surface area contributed by atoms with E-state index in [9.17, 15) is 14.4 Å². The van der Waals surface area contributed by atoms with E-state index in [1.54, 1.807) is 62.6 Å². The quantitative estimate of drug-likeness (QED) is 0.427. The summed E-state index contributed by atoms with van der Waals surface area (Å²) in [6, 6.07) is 20.1. The number of amides is 2. The van der Waals surface area contributed by atoms with Crippen LogP contribution >= 0.6 is 11.8 Å². The maximum Gasteiger partial charge on any atom is 0.335 e. The van der Waals surface area contributed by atoms with Crippen LogP contribution in [0.15, 0.2) is 77.7 Å². The van der Waals surface area contributed by atoms with Gasteiger partial charge in [-0.3, -0.25) is 9.59 Å². The number of aromatic carboxylic acids is 1. The number of hydrogen-bond acceptors (Lipinski definition) is 5. The minimum absolute atomic E-state index is 0.107. The molecule has 8 heteroatoms. The standard InChI is InChI=1S/C24H22N2O5S/c1-15(22(27)26-19-5-3-4-17(14-19)24(29)30)32-21-12-8-18(9-13-21)25-23(28)16-6-10-20(31-2)11-7-16/h3-15H,1-2H3,(H,25,28)(H,26,27)(H,29,30). The number of carbonyl (C=O) groups excluding carboxylic acids is 2. The number of carboxylic acids is 1. The number of methoxy groups -OCH3 is 1. The largest absolute Gasteiger partial charge is 0.497 e. The molecule has 7 nitrogen and oxygen atoms in total. The molecule has 0 spiro atoms. The van der Waals surface area contributed by atoms with Gasteiger partial charge in [-0.2, -0.15) is 0 Å².